The van der Waals surface area contributed by atoms with Gasteiger partial charge in [0.1, 0.15) is 11.5 Å². The topological polar surface area (TPSA) is 80.4 Å². The number of nitrogens with one attached hydrogen (secondary N) is 1. The van der Waals surface area contributed by atoms with Crippen LogP contribution in [0, 0.1) is 0 Å². The van der Waals surface area contributed by atoms with Crippen molar-refractivity contribution in [3.8, 4) is 11.1 Å². The van der Waals surface area contributed by atoms with Gasteiger partial charge in [-0.1, -0.05) is 24.3 Å². The fourth-order valence-corrected chi connectivity index (χ4v) is 2.97. The number of carbonyl (C=O) groups is 1. The zero-order valence-corrected chi connectivity index (χ0v) is 16.9. The van der Waals surface area contributed by atoms with Gasteiger partial charge in [0.15, 0.2) is 0 Å². The van der Waals surface area contributed by atoms with Crippen molar-refractivity contribution in [3.05, 3.63) is 77.6 Å². The Morgan fingerprint density at radius 2 is 1.76 bits per heavy atom. The van der Waals surface area contributed by atoms with Crippen molar-refractivity contribution in [1.29, 1.82) is 0 Å². The number of nitrogens with zero attached hydrogens (tertiary/aromatic N) is 2. The zero-order chi connectivity index (χ0) is 24.4. The molecule has 3 aromatic rings. The predicted octanol–water partition coefficient (Wildman–Crippen LogP) is 5.08. The number of carbonyl (C=O) groups excluding carboxylic acids is 1. The number of aliphatic imine (C=N–C) groups is 1. The van der Waals surface area contributed by atoms with Crippen molar-refractivity contribution < 1.29 is 31.1 Å². The van der Waals surface area contributed by atoms with Crippen molar-refractivity contribution in [2.45, 2.75) is 12.4 Å². The molecule has 0 fully saturated rings. The number of aromatic nitrogens is 1. The van der Waals surface area contributed by atoms with Crippen molar-refractivity contribution in [3.63, 3.8) is 0 Å². The van der Waals surface area contributed by atoms with Crippen molar-refractivity contribution in [1.82, 2.24) is 10.3 Å². The first-order valence-electron chi connectivity index (χ1n) is 9.29. The summed E-state index contributed by atoms with van der Waals surface area (Å²) in [6.45, 7) is 0. The smallest absolute Gasteiger partial charge is 0.395 e. The number of allylic oxidation sites excluding steroid dienone is 1. The van der Waals surface area contributed by atoms with E-state index in [-0.39, 0.29) is 16.7 Å². The Kier molecular flexibility index (Phi) is 6.43. The predicted molar refractivity (Wildman–Crippen MR) is 111 cm³/mol. The summed E-state index contributed by atoms with van der Waals surface area (Å²) in [4.78, 5) is 20.1. The van der Waals surface area contributed by atoms with Crippen LogP contribution in [-0.4, -0.2) is 30.0 Å². The monoisotopic (exact) mass is 466 g/mol. The van der Waals surface area contributed by atoms with Crippen molar-refractivity contribution in [2.75, 3.05) is 7.05 Å². The summed E-state index contributed by atoms with van der Waals surface area (Å²) in [5, 5.41) is 2.68. The molecule has 0 radical (unpaired) electrons. The number of hydrogen-bond acceptors (Lipinski definition) is 4. The molecule has 0 aliphatic rings. The Labute approximate surface area is 183 Å². The maximum atomic E-state index is 13.3. The lowest BCUT2D eigenvalue weighted by molar-refractivity contribution is -0.137. The lowest BCUT2D eigenvalue weighted by atomic mass is 9.99. The molecule has 2 aromatic carbocycles. The first kappa shape index (κ1) is 23.8. The number of alkyl halides is 6. The molecular formula is C22H16F6N4O. The molecule has 0 bridgehead atoms. The Hall–Kier alpha value is -3.89. The molecule has 0 saturated heterocycles. The number of fused-ring (bicyclic) bond motifs is 1. The fraction of sp³-hybridized carbons (Fsp3) is 0.136. The molecule has 5 nitrogen and oxygen atoms in total. The van der Waals surface area contributed by atoms with E-state index in [9.17, 15) is 31.1 Å². The number of halogens is 6. The standard InChI is InChI=1S/C22H16F6N4O/c1-30-19(10-18(29)22(26,27)28)32-20(33)13-7-6-12-8-14(11-31-17(12)9-13)15-4-2-3-5-16(15)21(23,24)25/h2-11H,29H2,1H3,(H,30,32,33). The van der Waals surface area contributed by atoms with Gasteiger partial charge in [0, 0.05) is 35.8 Å². The third-order valence-corrected chi connectivity index (χ3v) is 4.59. The van der Waals surface area contributed by atoms with Crippen LogP contribution in [0.25, 0.3) is 22.0 Å². The maximum Gasteiger partial charge on any atom is 0.430 e. The Balaban J connectivity index is 1.90. The van der Waals surface area contributed by atoms with Gasteiger partial charge in [0.2, 0.25) is 0 Å². The molecule has 1 heterocycles. The number of amides is 1. The fourth-order valence-electron chi connectivity index (χ4n) is 2.97. The first-order valence-corrected chi connectivity index (χ1v) is 9.29. The quantitative estimate of drug-likeness (QED) is 0.321. The molecule has 0 unspecified atom stereocenters. The van der Waals surface area contributed by atoms with Crippen LogP contribution in [-0.2, 0) is 6.18 Å². The van der Waals surface area contributed by atoms with E-state index in [0.29, 0.717) is 17.0 Å². The van der Waals surface area contributed by atoms with Gasteiger partial charge in [0.05, 0.1) is 11.1 Å². The summed E-state index contributed by atoms with van der Waals surface area (Å²) >= 11 is 0. The summed E-state index contributed by atoms with van der Waals surface area (Å²) in [5.41, 5.74) is 3.25. The highest BCUT2D eigenvalue weighted by Crippen LogP contribution is 2.37. The normalized spacial score (nSPS) is 13.3. The van der Waals surface area contributed by atoms with E-state index in [1.54, 1.807) is 0 Å². The summed E-state index contributed by atoms with van der Waals surface area (Å²) < 4.78 is 77.7. The minimum absolute atomic E-state index is 0.0425. The van der Waals surface area contributed by atoms with Crippen LogP contribution in [0.5, 0.6) is 0 Å². The molecule has 1 aromatic heterocycles. The SMILES string of the molecule is CN=C(C=C(N)C(F)(F)F)NC(=O)c1ccc2cc(-c3ccccc3C(F)(F)F)cnc2c1. The number of nitrogens with two attached hydrogens (primary N) is 1. The van der Waals surface area contributed by atoms with E-state index in [1.807, 2.05) is 0 Å². The minimum Gasteiger partial charge on any atom is -0.395 e. The molecule has 0 saturated carbocycles. The van der Waals surface area contributed by atoms with Gasteiger partial charge in [-0.05, 0) is 29.8 Å². The lowest BCUT2D eigenvalue weighted by Gasteiger charge is -2.13. The number of amidine groups is 1. The van der Waals surface area contributed by atoms with E-state index in [2.05, 4.69) is 15.3 Å². The molecule has 0 aliphatic carbocycles. The van der Waals surface area contributed by atoms with Crippen LogP contribution in [0.15, 0.2) is 71.5 Å². The minimum atomic E-state index is -4.78. The number of hydrogen-bond donors (Lipinski definition) is 2. The van der Waals surface area contributed by atoms with E-state index in [0.717, 1.165) is 6.07 Å². The van der Waals surface area contributed by atoms with E-state index in [4.69, 9.17) is 5.73 Å². The van der Waals surface area contributed by atoms with Gasteiger partial charge in [-0.2, -0.15) is 26.3 Å². The van der Waals surface area contributed by atoms with Gasteiger partial charge < -0.3 is 11.1 Å². The average molecular weight is 466 g/mol. The maximum absolute atomic E-state index is 13.3. The molecule has 0 aliphatic heterocycles. The van der Waals surface area contributed by atoms with Gasteiger partial charge in [0.25, 0.3) is 5.91 Å². The van der Waals surface area contributed by atoms with Crippen LogP contribution < -0.4 is 11.1 Å². The highest BCUT2D eigenvalue weighted by Gasteiger charge is 2.33. The molecular weight excluding hydrogens is 450 g/mol. The lowest BCUT2D eigenvalue weighted by Crippen LogP contribution is -2.31. The molecule has 1 amide bonds. The van der Waals surface area contributed by atoms with E-state index >= 15 is 0 Å². The molecule has 3 rings (SSSR count). The molecule has 0 atom stereocenters. The first-order chi connectivity index (χ1) is 15.4. The third kappa shape index (κ3) is 5.48. The van der Waals surface area contributed by atoms with Crippen molar-refractivity contribution >= 4 is 22.6 Å². The largest absolute Gasteiger partial charge is 0.430 e. The molecule has 0 spiro atoms. The summed E-state index contributed by atoms with van der Waals surface area (Å²) in [6, 6.07) is 10.8. The molecule has 33 heavy (non-hydrogen) atoms. The van der Waals surface area contributed by atoms with Gasteiger partial charge in [-0.3, -0.25) is 14.8 Å². The molecule has 172 valence electrons. The van der Waals surface area contributed by atoms with Gasteiger partial charge in [-0.15, -0.1) is 0 Å². The highest BCUT2D eigenvalue weighted by atomic mass is 19.4. The third-order valence-electron chi connectivity index (χ3n) is 4.59. The molecule has 11 heteroatoms. The summed E-state index contributed by atoms with van der Waals surface area (Å²) in [5.74, 6) is -1.17. The van der Waals surface area contributed by atoms with Crippen LogP contribution in [0.2, 0.25) is 0 Å². The van der Waals surface area contributed by atoms with Crippen LogP contribution in [0.1, 0.15) is 15.9 Å². The van der Waals surface area contributed by atoms with Crippen LogP contribution in [0.4, 0.5) is 26.3 Å². The van der Waals surface area contributed by atoms with E-state index in [1.165, 1.54) is 55.7 Å². The Bertz CT molecular complexity index is 1260. The second-order valence-electron chi connectivity index (χ2n) is 6.84. The summed E-state index contributed by atoms with van der Waals surface area (Å²) in [6.07, 6.45) is -7.59. The average Bonchev–Trinajstić information content (AvgIpc) is 2.76. The van der Waals surface area contributed by atoms with Gasteiger partial charge in [-0.25, -0.2) is 0 Å². The second kappa shape index (κ2) is 8.93. The number of pyridine rings is 1. The summed E-state index contributed by atoms with van der Waals surface area (Å²) in [7, 11) is 1.18. The van der Waals surface area contributed by atoms with Crippen molar-refractivity contribution in [2.24, 2.45) is 10.7 Å². The van der Waals surface area contributed by atoms with Crippen LogP contribution >= 0.6 is 0 Å². The Morgan fingerprint density at radius 3 is 2.39 bits per heavy atom. The Morgan fingerprint density at radius 1 is 1.06 bits per heavy atom. The number of rotatable bonds is 3. The molecule has 3 N–H and O–H groups in total. The second-order valence-corrected chi connectivity index (χ2v) is 6.84. The highest BCUT2D eigenvalue weighted by molar-refractivity contribution is 6.11. The van der Waals surface area contributed by atoms with Crippen LogP contribution in [0.3, 0.4) is 0 Å². The zero-order valence-electron chi connectivity index (χ0n) is 16.9. The number of benzene rings is 2. The van der Waals surface area contributed by atoms with E-state index < -0.39 is 35.4 Å². The van der Waals surface area contributed by atoms with Gasteiger partial charge >= 0.3 is 12.4 Å².